The average Bonchev–Trinajstić information content (AvgIpc) is 2.43. The van der Waals surface area contributed by atoms with Gasteiger partial charge in [0.2, 0.25) is 0 Å². The molecule has 0 unspecified atom stereocenters. The predicted octanol–water partition coefficient (Wildman–Crippen LogP) is 6.96. The maximum absolute atomic E-state index is 4.96. The molecular formula is C21H45FeN3S6+3. The molecule has 0 saturated heterocycles. The molecule has 0 aliphatic rings. The second-order valence-electron chi connectivity index (χ2n) is 8.63. The molecule has 0 atom stereocenters. The molecule has 10 heteroatoms. The molecule has 0 aliphatic carbocycles. The van der Waals surface area contributed by atoms with E-state index in [2.05, 4.69) is 136 Å². The van der Waals surface area contributed by atoms with E-state index in [9.17, 15) is 0 Å². The summed E-state index contributed by atoms with van der Waals surface area (Å²) in [4.78, 5) is 6.29. The van der Waals surface area contributed by atoms with Crippen LogP contribution in [0.15, 0.2) is 0 Å². The second kappa shape index (κ2) is 20.6. The second-order valence-corrected chi connectivity index (χ2v) is 12.0. The van der Waals surface area contributed by atoms with Crippen LogP contribution in [0.4, 0.5) is 0 Å². The van der Waals surface area contributed by atoms with Gasteiger partial charge in [0.1, 0.15) is 13.0 Å². The van der Waals surface area contributed by atoms with Crippen molar-refractivity contribution in [2.45, 2.75) is 119 Å². The van der Waals surface area contributed by atoms with Gasteiger partial charge >= 0.3 is 17.1 Å². The molecule has 31 heavy (non-hydrogen) atoms. The SMILES string of the molecule is CC(C)N(C(=S)S)C(C)C.CC(C)N(C(=S)S)C(C)C.CC(C)N(C(=S)S)C(C)C.[Fe+3]. The minimum atomic E-state index is 0. The van der Waals surface area contributed by atoms with Crippen molar-refractivity contribution in [3.05, 3.63) is 0 Å². The van der Waals surface area contributed by atoms with Crippen LogP contribution in [-0.2, 0) is 17.1 Å². The van der Waals surface area contributed by atoms with E-state index in [-0.39, 0.29) is 17.1 Å². The van der Waals surface area contributed by atoms with E-state index in [1.165, 1.54) is 0 Å². The monoisotopic (exact) mass is 587 g/mol. The summed E-state index contributed by atoms with van der Waals surface area (Å²) in [6, 6.07) is 2.69. The Hall–Kier alpha value is 1.24. The summed E-state index contributed by atoms with van der Waals surface area (Å²) in [6.45, 7) is 25.4. The van der Waals surface area contributed by atoms with Crippen molar-refractivity contribution in [2.24, 2.45) is 0 Å². The summed E-state index contributed by atoms with van der Waals surface area (Å²) >= 11 is 27.3. The zero-order valence-corrected chi connectivity index (χ0v) is 27.5. The van der Waals surface area contributed by atoms with Gasteiger partial charge in [-0.25, -0.2) is 0 Å². The molecule has 0 amide bonds. The Morgan fingerprint density at radius 2 is 0.516 bits per heavy atom. The van der Waals surface area contributed by atoms with Crippen LogP contribution in [0.3, 0.4) is 0 Å². The van der Waals surface area contributed by atoms with Gasteiger partial charge in [-0.15, -0.1) is 37.9 Å². The Morgan fingerprint density at radius 3 is 0.516 bits per heavy atom. The Labute approximate surface area is 236 Å². The summed E-state index contributed by atoms with van der Waals surface area (Å²) in [6.07, 6.45) is 0. The molecule has 0 aromatic rings. The minimum Gasteiger partial charge on any atom is -0.353 e. The third-order valence-corrected chi connectivity index (χ3v) is 5.33. The van der Waals surface area contributed by atoms with E-state index >= 15 is 0 Å². The van der Waals surface area contributed by atoms with E-state index in [4.69, 9.17) is 36.7 Å². The minimum absolute atomic E-state index is 0. The summed E-state index contributed by atoms with van der Waals surface area (Å²) in [5, 5.41) is 0. The largest absolute Gasteiger partial charge is 3.00 e. The van der Waals surface area contributed by atoms with Gasteiger partial charge in [-0.2, -0.15) is 0 Å². The van der Waals surface area contributed by atoms with Crippen LogP contribution in [0.1, 0.15) is 83.1 Å². The van der Waals surface area contributed by atoms with Crippen molar-refractivity contribution in [2.75, 3.05) is 0 Å². The quantitative estimate of drug-likeness (QED) is 0.175. The van der Waals surface area contributed by atoms with Crippen LogP contribution in [0, 0.1) is 0 Å². The molecule has 0 aromatic heterocycles. The van der Waals surface area contributed by atoms with E-state index in [1.807, 2.05) is 0 Å². The zero-order valence-electron chi connectivity index (χ0n) is 21.2. The third-order valence-electron chi connectivity index (χ3n) is 4.00. The number of hydrogen-bond acceptors (Lipinski definition) is 3. The Bertz CT molecular complexity index is 416. The van der Waals surface area contributed by atoms with Crippen molar-refractivity contribution in [1.29, 1.82) is 0 Å². The standard InChI is InChI=1S/3C7H15NS2.Fe/c3*1-5(2)8(6(3)4)7(9)10;/h3*5-6H,1-4H3,(H,9,10);/q;;;+3. The van der Waals surface area contributed by atoms with E-state index in [0.717, 1.165) is 0 Å². The smallest absolute Gasteiger partial charge is 0.353 e. The van der Waals surface area contributed by atoms with Crippen LogP contribution < -0.4 is 0 Å². The van der Waals surface area contributed by atoms with E-state index in [1.54, 1.807) is 0 Å². The average molecular weight is 588 g/mol. The van der Waals surface area contributed by atoms with Gasteiger partial charge in [0.25, 0.3) is 0 Å². The van der Waals surface area contributed by atoms with Gasteiger partial charge in [0.05, 0.1) is 0 Å². The van der Waals surface area contributed by atoms with Gasteiger partial charge in [-0.3, -0.25) is 0 Å². The molecule has 3 nitrogen and oxygen atoms in total. The molecule has 0 aromatic carbocycles. The molecule has 0 bridgehead atoms. The Morgan fingerprint density at radius 1 is 0.419 bits per heavy atom. The zero-order chi connectivity index (χ0) is 24.9. The maximum Gasteiger partial charge on any atom is 3.00 e. The van der Waals surface area contributed by atoms with Crippen molar-refractivity contribution in [3.63, 3.8) is 0 Å². The van der Waals surface area contributed by atoms with Crippen LogP contribution >= 0.6 is 74.5 Å². The first-order chi connectivity index (χ1) is 13.4. The first-order valence-electron chi connectivity index (χ1n) is 10.4. The van der Waals surface area contributed by atoms with Crippen LogP contribution in [0.25, 0.3) is 0 Å². The van der Waals surface area contributed by atoms with Gasteiger partial charge < -0.3 is 14.7 Å². The van der Waals surface area contributed by atoms with Gasteiger partial charge in [-0.1, -0.05) is 36.7 Å². The van der Waals surface area contributed by atoms with Crippen LogP contribution in [-0.4, -0.2) is 63.9 Å². The molecule has 0 rings (SSSR count). The van der Waals surface area contributed by atoms with Crippen molar-refractivity contribution in [1.82, 2.24) is 14.7 Å². The number of nitrogens with zero attached hydrogens (tertiary/aromatic N) is 3. The predicted molar refractivity (Wildman–Crippen MR) is 161 cm³/mol. The molecule has 185 valence electrons. The molecule has 1 radical (unpaired) electrons. The van der Waals surface area contributed by atoms with Gasteiger partial charge in [0, 0.05) is 36.3 Å². The summed E-state index contributed by atoms with van der Waals surface area (Å²) in [5.41, 5.74) is 0. The Kier molecular flexibility index (Phi) is 26.2. The Balaban J connectivity index is -0.000000174. The normalized spacial score (nSPS) is 10.4. The summed E-state index contributed by atoms with van der Waals surface area (Å²) in [7, 11) is 0. The molecule has 0 aliphatic heterocycles. The fourth-order valence-corrected chi connectivity index (χ4v) is 5.76. The first-order valence-corrected chi connectivity index (χ1v) is 13.0. The summed E-state index contributed by atoms with van der Waals surface area (Å²) < 4.78 is 2.06. The molecule has 0 N–H and O–H groups in total. The van der Waals surface area contributed by atoms with Crippen molar-refractivity contribution < 1.29 is 17.1 Å². The van der Waals surface area contributed by atoms with Crippen molar-refractivity contribution in [3.8, 4) is 0 Å². The number of rotatable bonds is 6. The first kappa shape index (κ1) is 39.5. The molecule has 0 heterocycles. The number of thiocarbonyl (C=S) groups is 3. The number of hydrogen-bond donors (Lipinski definition) is 3. The maximum atomic E-state index is 4.96. The van der Waals surface area contributed by atoms with Gasteiger partial charge in [-0.05, 0) is 83.1 Å². The van der Waals surface area contributed by atoms with Crippen LogP contribution in [0.5, 0.6) is 0 Å². The van der Waals surface area contributed by atoms with Gasteiger partial charge in [0.15, 0.2) is 0 Å². The van der Waals surface area contributed by atoms with Crippen LogP contribution in [0.2, 0.25) is 0 Å². The molecule has 0 fully saturated rings. The molecular weight excluding hydrogens is 542 g/mol. The van der Waals surface area contributed by atoms with E-state index < -0.39 is 0 Å². The number of thiol groups is 3. The fraction of sp³-hybridized carbons (Fsp3) is 0.857. The van der Waals surface area contributed by atoms with Crippen molar-refractivity contribution >= 4 is 87.5 Å². The third kappa shape index (κ3) is 19.3. The topological polar surface area (TPSA) is 9.72 Å². The summed E-state index contributed by atoms with van der Waals surface area (Å²) in [5.74, 6) is 0. The fourth-order valence-electron chi connectivity index (χ4n) is 3.11. The van der Waals surface area contributed by atoms with E-state index in [0.29, 0.717) is 49.2 Å². The molecule has 0 spiro atoms. The molecule has 0 saturated carbocycles.